The van der Waals surface area contributed by atoms with Gasteiger partial charge in [0.2, 0.25) is 0 Å². The lowest BCUT2D eigenvalue weighted by molar-refractivity contribution is 0.156. The fourth-order valence-electron chi connectivity index (χ4n) is 3.81. The molecule has 2 amide bonds. The number of aromatic nitrogens is 1. The Morgan fingerprint density at radius 3 is 2.67 bits per heavy atom. The highest BCUT2D eigenvalue weighted by Gasteiger charge is 2.28. The fourth-order valence-corrected chi connectivity index (χ4v) is 3.81. The number of anilines is 1. The topological polar surface area (TPSA) is 68.7 Å². The molecule has 132 valence electrons. The highest BCUT2D eigenvalue weighted by Crippen LogP contribution is 2.24. The van der Waals surface area contributed by atoms with Gasteiger partial charge >= 0.3 is 6.03 Å². The molecule has 2 aliphatic heterocycles. The first-order valence-corrected chi connectivity index (χ1v) is 9.08. The molecule has 2 fully saturated rings. The van der Waals surface area contributed by atoms with Gasteiger partial charge in [-0.05, 0) is 50.2 Å². The quantitative estimate of drug-likeness (QED) is 0.863. The minimum Gasteiger partial charge on any atom is -0.394 e. The molecule has 6 nitrogen and oxygen atoms in total. The Kier molecular flexibility index (Phi) is 5.91. The molecule has 0 aromatic carbocycles. The number of hydrogen-bond acceptors (Lipinski definition) is 4. The zero-order valence-electron chi connectivity index (χ0n) is 14.2. The van der Waals surface area contributed by atoms with Crippen LogP contribution in [0.5, 0.6) is 0 Å². The van der Waals surface area contributed by atoms with Crippen molar-refractivity contribution >= 4 is 11.7 Å². The second kappa shape index (κ2) is 8.33. The van der Waals surface area contributed by atoms with E-state index < -0.39 is 0 Å². The van der Waals surface area contributed by atoms with Gasteiger partial charge in [-0.1, -0.05) is 0 Å². The van der Waals surface area contributed by atoms with Crippen LogP contribution in [0.3, 0.4) is 0 Å². The van der Waals surface area contributed by atoms with Gasteiger partial charge in [0.1, 0.15) is 0 Å². The molecule has 0 saturated carbocycles. The summed E-state index contributed by atoms with van der Waals surface area (Å²) in [4.78, 5) is 20.4. The van der Waals surface area contributed by atoms with Crippen molar-refractivity contribution < 1.29 is 9.90 Å². The van der Waals surface area contributed by atoms with Gasteiger partial charge in [0, 0.05) is 44.3 Å². The third kappa shape index (κ3) is 4.17. The van der Waals surface area contributed by atoms with E-state index in [1.165, 1.54) is 18.5 Å². The van der Waals surface area contributed by atoms with Crippen LogP contribution in [0.2, 0.25) is 0 Å². The van der Waals surface area contributed by atoms with Crippen molar-refractivity contribution in [3.05, 3.63) is 24.5 Å². The van der Waals surface area contributed by atoms with Gasteiger partial charge in [-0.2, -0.15) is 0 Å². The molecule has 1 aromatic heterocycles. The Bertz CT molecular complexity index is 517. The van der Waals surface area contributed by atoms with E-state index in [2.05, 4.69) is 27.3 Å². The number of carbonyl (C=O) groups excluding carboxylic acids is 1. The predicted molar refractivity (Wildman–Crippen MR) is 94.0 cm³/mol. The molecular weight excluding hydrogens is 304 g/mol. The number of amides is 2. The molecule has 0 spiro atoms. The van der Waals surface area contributed by atoms with E-state index in [-0.39, 0.29) is 18.7 Å². The number of aliphatic hydroxyl groups excluding tert-OH is 1. The summed E-state index contributed by atoms with van der Waals surface area (Å²) in [5, 5.41) is 12.3. The Morgan fingerprint density at radius 1 is 1.21 bits per heavy atom. The van der Waals surface area contributed by atoms with Crippen LogP contribution in [-0.2, 0) is 0 Å². The van der Waals surface area contributed by atoms with E-state index in [9.17, 15) is 9.90 Å². The van der Waals surface area contributed by atoms with Crippen LogP contribution in [0.4, 0.5) is 10.5 Å². The summed E-state index contributed by atoms with van der Waals surface area (Å²) >= 11 is 0. The monoisotopic (exact) mass is 332 g/mol. The first-order chi connectivity index (χ1) is 11.8. The smallest absolute Gasteiger partial charge is 0.317 e. The molecule has 1 atom stereocenters. The Balaban J connectivity index is 1.36. The maximum absolute atomic E-state index is 12.2. The summed E-state index contributed by atoms with van der Waals surface area (Å²) in [6.07, 6.45) is 8.96. The molecule has 2 saturated heterocycles. The zero-order chi connectivity index (χ0) is 16.8. The first-order valence-electron chi connectivity index (χ1n) is 9.08. The number of hydrogen-bond donors (Lipinski definition) is 2. The number of piperidine rings is 1. The lowest BCUT2D eigenvalue weighted by Gasteiger charge is -2.33. The van der Waals surface area contributed by atoms with E-state index in [0.29, 0.717) is 5.92 Å². The average Bonchev–Trinajstić information content (AvgIpc) is 3.12. The second-order valence-corrected chi connectivity index (χ2v) is 6.83. The van der Waals surface area contributed by atoms with Gasteiger partial charge in [0.15, 0.2) is 0 Å². The molecular formula is C18H28N4O2. The van der Waals surface area contributed by atoms with Crippen LogP contribution in [0, 0.1) is 5.92 Å². The van der Waals surface area contributed by atoms with Gasteiger partial charge in [-0.25, -0.2) is 4.79 Å². The van der Waals surface area contributed by atoms with Crippen molar-refractivity contribution in [2.45, 2.75) is 38.1 Å². The number of aliphatic hydroxyl groups is 1. The summed E-state index contributed by atoms with van der Waals surface area (Å²) in [6, 6.07) is 4.12. The molecule has 2 aliphatic rings. The minimum absolute atomic E-state index is 0.00796. The third-order valence-corrected chi connectivity index (χ3v) is 5.32. The molecule has 0 unspecified atom stereocenters. The van der Waals surface area contributed by atoms with Gasteiger partial charge < -0.3 is 20.2 Å². The summed E-state index contributed by atoms with van der Waals surface area (Å²) in [5.74, 6) is 0.676. The van der Waals surface area contributed by atoms with E-state index >= 15 is 0 Å². The third-order valence-electron chi connectivity index (χ3n) is 5.32. The summed E-state index contributed by atoms with van der Waals surface area (Å²) < 4.78 is 0. The van der Waals surface area contributed by atoms with Gasteiger partial charge in [0.05, 0.1) is 12.6 Å². The number of rotatable bonds is 5. The minimum atomic E-state index is -0.0132. The number of urea groups is 1. The average molecular weight is 332 g/mol. The van der Waals surface area contributed by atoms with Gasteiger partial charge in [0.25, 0.3) is 0 Å². The molecule has 1 aromatic rings. The molecule has 3 heterocycles. The number of pyridine rings is 1. The molecule has 3 rings (SSSR count). The van der Waals surface area contributed by atoms with Crippen molar-refractivity contribution in [2.75, 3.05) is 37.7 Å². The Morgan fingerprint density at radius 2 is 1.96 bits per heavy atom. The number of carbonyl (C=O) groups is 1. The van der Waals surface area contributed by atoms with E-state index in [1.54, 1.807) is 4.90 Å². The molecule has 6 heteroatoms. The van der Waals surface area contributed by atoms with E-state index in [4.69, 9.17) is 0 Å². The van der Waals surface area contributed by atoms with Crippen LogP contribution in [-0.4, -0.2) is 59.8 Å². The summed E-state index contributed by atoms with van der Waals surface area (Å²) in [6.45, 7) is 3.71. The van der Waals surface area contributed by atoms with Crippen LogP contribution < -0.4 is 10.2 Å². The van der Waals surface area contributed by atoms with Gasteiger partial charge in [-0.15, -0.1) is 0 Å². The highest BCUT2D eigenvalue weighted by molar-refractivity contribution is 5.74. The van der Waals surface area contributed by atoms with Crippen molar-refractivity contribution in [2.24, 2.45) is 5.92 Å². The van der Waals surface area contributed by atoms with Crippen molar-refractivity contribution in [1.29, 1.82) is 0 Å². The second-order valence-electron chi connectivity index (χ2n) is 6.83. The molecule has 0 radical (unpaired) electrons. The lowest BCUT2D eigenvalue weighted by Crippen LogP contribution is -2.45. The van der Waals surface area contributed by atoms with E-state index in [0.717, 1.165) is 45.4 Å². The van der Waals surface area contributed by atoms with Crippen molar-refractivity contribution in [1.82, 2.24) is 15.2 Å². The van der Waals surface area contributed by atoms with Crippen LogP contribution in [0.1, 0.15) is 32.1 Å². The first kappa shape index (κ1) is 17.0. The largest absolute Gasteiger partial charge is 0.394 e. The number of likely N-dealkylation sites (tertiary alicyclic amines) is 1. The van der Waals surface area contributed by atoms with Crippen LogP contribution in [0.15, 0.2) is 24.5 Å². The Hall–Kier alpha value is -1.82. The summed E-state index contributed by atoms with van der Waals surface area (Å²) in [5.41, 5.74) is 1.25. The van der Waals surface area contributed by atoms with E-state index in [1.807, 2.05) is 12.4 Å². The molecule has 2 N–H and O–H groups in total. The molecule has 0 aliphatic carbocycles. The predicted octanol–water partition coefficient (Wildman–Crippen LogP) is 1.85. The normalized spacial score (nSPS) is 22.0. The number of nitrogens with one attached hydrogen (secondary N) is 1. The van der Waals surface area contributed by atoms with Crippen molar-refractivity contribution in [3.63, 3.8) is 0 Å². The molecule has 0 bridgehead atoms. The fraction of sp³-hybridized carbons (Fsp3) is 0.667. The highest BCUT2D eigenvalue weighted by atomic mass is 16.3. The standard InChI is InChI=1S/C18H28N4O2/c23-14-17-2-1-11-22(17)18(24)20-10-3-15-6-12-21(13-7-15)16-4-8-19-9-5-16/h4-5,8-9,15,17,23H,1-3,6-7,10-14H2,(H,20,24)/t17-/m0/s1. The van der Waals surface area contributed by atoms with Crippen LogP contribution in [0.25, 0.3) is 0 Å². The zero-order valence-corrected chi connectivity index (χ0v) is 14.2. The molecule has 24 heavy (non-hydrogen) atoms. The SMILES string of the molecule is O=C(NCCC1CCN(c2ccncc2)CC1)N1CCC[C@H]1CO. The van der Waals surface area contributed by atoms with Crippen molar-refractivity contribution in [3.8, 4) is 0 Å². The Labute approximate surface area is 143 Å². The summed E-state index contributed by atoms with van der Waals surface area (Å²) in [7, 11) is 0. The van der Waals surface area contributed by atoms with Gasteiger partial charge in [-0.3, -0.25) is 4.98 Å². The lowest BCUT2D eigenvalue weighted by atomic mass is 9.93. The maximum Gasteiger partial charge on any atom is 0.317 e. The maximum atomic E-state index is 12.2. The number of nitrogens with zero attached hydrogens (tertiary/aromatic N) is 3. The van der Waals surface area contributed by atoms with Crippen LogP contribution >= 0.6 is 0 Å².